The third-order valence-corrected chi connectivity index (χ3v) is 3.03. The van der Waals surface area contributed by atoms with E-state index in [4.69, 9.17) is 4.74 Å². The standard InChI is InChI=1S/C17H15BrN2O2/c18-15(11-14-7-3-1-4-8-14)12-19-20-17(21)13-22-16-9-5-2-6-10-16/h1-12H,13H2,(H,20,21)/b15-11-,19-12-. The lowest BCUT2D eigenvalue weighted by molar-refractivity contribution is -0.123. The number of hydrogen-bond acceptors (Lipinski definition) is 3. The van der Waals surface area contributed by atoms with Gasteiger partial charge in [-0.15, -0.1) is 0 Å². The molecule has 2 aromatic carbocycles. The second-order valence-electron chi connectivity index (χ2n) is 4.33. The first-order chi connectivity index (χ1) is 10.7. The van der Waals surface area contributed by atoms with Crippen molar-refractivity contribution in [1.29, 1.82) is 0 Å². The van der Waals surface area contributed by atoms with Crippen molar-refractivity contribution in [3.8, 4) is 5.75 Å². The third-order valence-electron chi connectivity index (χ3n) is 2.59. The molecule has 0 unspecified atom stereocenters. The Balaban J connectivity index is 1.77. The monoisotopic (exact) mass is 358 g/mol. The molecule has 0 atom stereocenters. The summed E-state index contributed by atoms with van der Waals surface area (Å²) < 4.78 is 6.06. The van der Waals surface area contributed by atoms with Gasteiger partial charge in [0.05, 0.1) is 6.21 Å². The van der Waals surface area contributed by atoms with Crippen LogP contribution in [0.5, 0.6) is 5.75 Å². The fourth-order valence-electron chi connectivity index (χ4n) is 1.61. The molecule has 0 saturated heterocycles. The van der Waals surface area contributed by atoms with Crippen molar-refractivity contribution < 1.29 is 9.53 Å². The van der Waals surface area contributed by atoms with Gasteiger partial charge in [0.2, 0.25) is 0 Å². The fourth-order valence-corrected chi connectivity index (χ4v) is 1.98. The predicted molar refractivity (Wildman–Crippen MR) is 91.9 cm³/mol. The van der Waals surface area contributed by atoms with E-state index >= 15 is 0 Å². The minimum Gasteiger partial charge on any atom is -0.484 e. The van der Waals surface area contributed by atoms with E-state index in [1.54, 1.807) is 12.1 Å². The van der Waals surface area contributed by atoms with Crippen molar-refractivity contribution in [2.24, 2.45) is 5.10 Å². The Morgan fingerprint density at radius 2 is 1.73 bits per heavy atom. The SMILES string of the molecule is O=C(COc1ccccc1)N/N=C\C(Br)=C\c1ccccc1. The smallest absolute Gasteiger partial charge is 0.277 e. The zero-order valence-electron chi connectivity index (χ0n) is 11.8. The van der Waals surface area contributed by atoms with Gasteiger partial charge in [-0.3, -0.25) is 4.79 Å². The number of halogens is 1. The van der Waals surface area contributed by atoms with Crippen molar-refractivity contribution in [2.75, 3.05) is 6.61 Å². The largest absolute Gasteiger partial charge is 0.484 e. The Hall–Kier alpha value is -2.40. The molecule has 2 aromatic rings. The Morgan fingerprint density at radius 3 is 2.41 bits per heavy atom. The predicted octanol–water partition coefficient (Wildman–Crippen LogP) is 3.60. The maximum atomic E-state index is 11.6. The summed E-state index contributed by atoms with van der Waals surface area (Å²) in [6.45, 7) is -0.0820. The Morgan fingerprint density at radius 1 is 1.09 bits per heavy atom. The summed E-state index contributed by atoms with van der Waals surface area (Å²) in [5.74, 6) is 0.326. The normalized spacial score (nSPS) is 11.4. The molecular formula is C17H15BrN2O2. The van der Waals surface area contributed by atoms with Gasteiger partial charge >= 0.3 is 0 Å². The van der Waals surface area contributed by atoms with Crippen molar-refractivity contribution in [2.45, 2.75) is 0 Å². The molecular weight excluding hydrogens is 344 g/mol. The van der Waals surface area contributed by atoms with Gasteiger partial charge in [-0.25, -0.2) is 5.43 Å². The maximum absolute atomic E-state index is 11.6. The number of carbonyl (C=O) groups excluding carboxylic acids is 1. The van der Waals surface area contributed by atoms with Crippen LogP contribution in [0, 0.1) is 0 Å². The lowest BCUT2D eigenvalue weighted by Gasteiger charge is -2.03. The van der Waals surface area contributed by atoms with Crippen LogP contribution in [0.2, 0.25) is 0 Å². The quantitative estimate of drug-likeness (QED) is 0.633. The van der Waals surface area contributed by atoms with Crippen LogP contribution in [0.3, 0.4) is 0 Å². The van der Waals surface area contributed by atoms with E-state index in [0.717, 1.165) is 10.0 Å². The number of hydrogen-bond donors (Lipinski definition) is 1. The maximum Gasteiger partial charge on any atom is 0.277 e. The lowest BCUT2D eigenvalue weighted by Crippen LogP contribution is -2.24. The number of rotatable bonds is 6. The molecule has 0 heterocycles. The number of para-hydroxylation sites is 1. The van der Waals surface area contributed by atoms with Gasteiger partial charge in [0.15, 0.2) is 6.61 Å². The summed E-state index contributed by atoms with van der Waals surface area (Å²) in [5, 5.41) is 3.86. The van der Waals surface area contributed by atoms with Crippen LogP contribution in [0.4, 0.5) is 0 Å². The van der Waals surface area contributed by atoms with Gasteiger partial charge in [-0.1, -0.05) is 48.5 Å². The van der Waals surface area contributed by atoms with E-state index in [1.165, 1.54) is 6.21 Å². The van der Waals surface area contributed by atoms with E-state index in [9.17, 15) is 4.79 Å². The molecule has 1 amide bonds. The summed E-state index contributed by atoms with van der Waals surface area (Å²) in [5.41, 5.74) is 3.45. The summed E-state index contributed by atoms with van der Waals surface area (Å²) >= 11 is 3.37. The molecule has 0 saturated carbocycles. The molecule has 0 aromatic heterocycles. The number of carbonyl (C=O) groups is 1. The van der Waals surface area contributed by atoms with E-state index in [-0.39, 0.29) is 12.5 Å². The van der Waals surface area contributed by atoms with E-state index in [2.05, 4.69) is 26.5 Å². The molecule has 22 heavy (non-hydrogen) atoms. The van der Waals surface area contributed by atoms with E-state index in [0.29, 0.717) is 5.75 Å². The number of nitrogens with zero attached hydrogens (tertiary/aromatic N) is 1. The molecule has 0 bridgehead atoms. The number of nitrogens with one attached hydrogen (secondary N) is 1. The minimum atomic E-state index is -0.319. The second kappa shape index (κ2) is 8.79. The zero-order valence-corrected chi connectivity index (χ0v) is 13.4. The molecule has 1 N–H and O–H groups in total. The van der Waals surface area contributed by atoms with Gasteiger partial charge < -0.3 is 4.74 Å². The molecule has 2 rings (SSSR count). The summed E-state index contributed by atoms with van der Waals surface area (Å²) in [4.78, 5) is 11.6. The molecule has 4 nitrogen and oxygen atoms in total. The van der Waals surface area contributed by atoms with Gasteiger partial charge in [0.1, 0.15) is 5.75 Å². The highest BCUT2D eigenvalue weighted by atomic mass is 79.9. The molecule has 0 aliphatic carbocycles. The van der Waals surface area contributed by atoms with Gasteiger partial charge in [0.25, 0.3) is 5.91 Å². The molecule has 112 valence electrons. The molecule has 0 fully saturated rings. The van der Waals surface area contributed by atoms with Crippen LogP contribution < -0.4 is 10.2 Å². The summed E-state index contributed by atoms with van der Waals surface area (Å²) in [6, 6.07) is 18.9. The van der Waals surface area contributed by atoms with Gasteiger partial charge in [-0.05, 0) is 39.7 Å². The second-order valence-corrected chi connectivity index (χ2v) is 5.25. The van der Waals surface area contributed by atoms with Crippen LogP contribution in [0.25, 0.3) is 6.08 Å². The van der Waals surface area contributed by atoms with Crippen LogP contribution in [-0.2, 0) is 4.79 Å². The highest BCUT2D eigenvalue weighted by molar-refractivity contribution is 9.12. The van der Waals surface area contributed by atoms with Crippen LogP contribution >= 0.6 is 15.9 Å². The van der Waals surface area contributed by atoms with E-state index in [1.807, 2.05) is 54.6 Å². The first-order valence-corrected chi connectivity index (χ1v) is 7.45. The summed E-state index contributed by atoms with van der Waals surface area (Å²) in [6.07, 6.45) is 3.42. The third kappa shape index (κ3) is 5.93. The lowest BCUT2D eigenvalue weighted by atomic mass is 10.2. The van der Waals surface area contributed by atoms with Crippen molar-refractivity contribution in [1.82, 2.24) is 5.43 Å². The Kier molecular flexibility index (Phi) is 6.39. The van der Waals surface area contributed by atoms with Crippen molar-refractivity contribution in [3.63, 3.8) is 0 Å². The zero-order chi connectivity index (χ0) is 15.6. The average molecular weight is 359 g/mol. The first-order valence-electron chi connectivity index (χ1n) is 6.66. The van der Waals surface area contributed by atoms with Gasteiger partial charge in [-0.2, -0.15) is 5.10 Å². The molecule has 0 spiro atoms. The highest BCUT2D eigenvalue weighted by Crippen LogP contribution is 2.10. The highest BCUT2D eigenvalue weighted by Gasteiger charge is 2.00. The Bertz CT molecular complexity index is 655. The van der Waals surface area contributed by atoms with Gasteiger partial charge in [0, 0.05) is 4.48 Å². The van der Waals surface area contributed by atoms with Crippen LogP contribution in [0.1, 0.15) is 5.56 Å². The average Bonchev–Trinajstić information content (AvgIpc) is 2.55. The topological polar surface area (TPSA) is 50.7 Å². The first kappa shape index (κ1) is 16.0. The number of hydrazone groups is 1. The Labute approximate surface area is 137 Å². The van der Waals surface area contributed by atoms with Crippen LogP contribution in [0.15, 0.2) is 70.2 Å². The van der Waals surface area contributed by atoms with Crippen LogP contribution in [-0.4, -0.2) is 18.7 Å². The molecule has 0 aliphatic heterocycles. The van der Waals surface area contributed by atoms with Crippen molar-refractivity contribution >= 4 is 34.1 Å². The van der Waals surface area contributed by atoms with E-state index < -0.39 is 0 Å². The number of amides is 1. The minimum absolute atomic E-state index is 0.0820. The number of ether oxygens (including phenoxy) is 1. The molecule has 0 radical (unpaired) electrons. The summed E-state index contributed by atoms with van der Waals surface area (Å²) in [7, 11) is 0. The number of allylic oxidation sites excluding steroid dienone is 1. The molecule has 0 aliphatic rings. The molecule has 5 heteroatoms. The fraction of sp³-hybridized carbons (Fsp3) is 0.0588. The van der Waals surface area contributed by atoms with Crippen molar-refractivity contribution in [3.05, 3.63) is 70.7 Å². The number of benzene rings is 2.